The van der Waals surface area contributed by atoms with E-state index in [2.05, 4.69) is 26.3 Å². The third-order valence-corrected chi connectivity index (χ3v) is 3.95. The number of hydrogen-bond acceptors (Lipinski definition) is 4. The highest BCUT2D eigenvalue weighted by molar-refractivity contribution is 9.10. The first-order valence-electron chi connectivity index (χ1n) is 7.32. The summed E-state index contributed by atoms with van der Waals surface area (Å²) in [6.07, 6.45) is 0. The van der Waals surface area contributed by atoms with Gasteiger partial charge in [-0.05, 0) is 55.0 Å². The molecule has 0 aliphatic rings. The van der Waals surface area contributed by atoms with Crippen molar-refractivity contribution in [2.45, 2.75) is 13.5 Å². The van der Waals surface area contributed by atoms with E-state index in [1.54, 1.807) is 12.1 Å². The molecule has 1 aromatic heterocycles. The predicted octanol–water partition coefficient (Wildman–Crippen LogP) is 3.35. The topological polar surface area (TPSA) is 77.1 Å². The predicted molar refractivity (Wildman–Crippen MR) is 93.7 cm³/mol. The van der Waals surface area contributed by atoms with Gasteiger partial charge in [0.2, 0.25) is 11.8 Å². The van der Waals surface area contributed by atoms with Gasteiger partial charge in [0.25, 0.3) is 0 Å². The third-order valence-electron chi connectivity index (χ3n) is 3.45. The molecule has 8 heteroatoms. The smallest absolute Gasteiger partial charge is 0.388 e. The molecule has 6 nitrogen and oxygen atoms in total. The molecule has 0 aliphatic heterocycles. The van der Waals surface area contributed by atoms with E-state index in [4.69, 9.17) is 4.42 Å². The third kappa shape index (κ3) is 4.03. The first kappa shape index (κ1) is 17.1. The Bertz CT molecular complexity index is 980. The molecule has 0 unspecified atom stereocenters. The standard InChI is InChI=1S/C17H13BrFN3O3/c1-10-8-12(18)4-7-14(10)20-15(23)9-22-17(24)25-16(21-22)11-2-5-13(19)6-3-11/h2-8H,9H2,1H3,(H,20,23). The number of anilines is 1. The van der Waals surface area contributed by atoms with Crippen LogP contribution >= 0.6 is 15.9 Å². The molecule has 0 spiro atoms. The zero-order valence-electron chi connectivity index (χ0n) is 13.1. The van der Waals surface area contributed by atoms with Gasteiger partial charge in [0, 0.05) is 15.7 Å². The highest BCUT2D eigenvalue weighted by Gasteiger charge is 2.14. The van der Waals surface area contributed by atoms with E-state index in [0.717, 1.165) is 14.7 Å². The van der Waals surface area contributed by atoms with E-state index in [-0.39, 0.29) is 12.4 Å². The Labute approximate surface area is 150 Å². The molecule has 0 saturated heterocycles. The molecule has 128 valence electrons. The van der Waals surface area contributed by atoms with Crippen LogP contribution in [0.3, 0.4) is 0 Å². The van der Waals surface area contributed by atoms with Crippen LogP contribution in [0, 0.1) is 12.7 Å². The number of carbonyl (C=O) groups excluding carboxylic acids is 1. The average Bonchev–Trinajstić information content (AvgIpc) is 2.91. The first-order chi connectivity index (χ1) is 11.9. The summed E-state index contributed by atoms with van der Waals surface area (Å²) in [5.74, 6) is -1.55. The van der Waals surface area contributed by atoms with Gasteiger partial charge < -0.3 is 9.73 Å². The fourth-order valence-corrected chi connectivity index (χ4v) is 2.68. The number of nitrogens with one attached hydrogen (secondary N) is 1. The molecule has 0 radical (unpaired) electrons. The largest absolute Gasteiger partial charge is 0.437 e. The Morgan fingerprint density at radius 2 is 2.00 bits per heavy atom. The second-order valence-electron chi connectivity index (χ2n) is 5.35. The molecule has 25 heavy (non-hydrogen) atoms. The fourth-order valence-electron chi connectivity index (χ4n) is 2.21. The van der Waals surface area contributed by atoms with Crippen LogP contribution in [0.2, 0.25) is 0 Å². The van der Waals surface area contributed by atoms with Crippen molar-refractivity contribution in [2.24, 2.45) is 0 Å². The number of aromatic nitrogens is 2. The van der Waals surface area contributed by atoms with Crippen molar-refractivity contribution in [3.8, 4) is 11.5 Å². The molecule has 3 aromatic rings. The molecule has 1 N–H and O–H groups in total. The van der Waals surface area contributed by atoms with E-state index < -0.39 is 17.5 Å². The van der Waals surface area contributed by atoms with Crippen LogP contribution in [0.15, 0.2) is 56.1 Å². The number of aryl methyl sites for hydroxylation is 1. The molecule has 1 heterocycles. The monoisotopic (exact) mass is 405 g/mol. The molecule has 0 bridgehead atoms. The highest BCUT2D eigenvalue weighted by Crippen LogP contribution is 2.20. The Balaban J connectivity index is 1.75. The molecule has 0 saturated carbocycles. The number of carbonyl (C=O) groups is 1. The van der Waals surface area contributed by atoms with Gasteiger partial charge in [0.15, 0.2) is 0 Å². The summed E-state index contributed by atoms with van der Waals surface area (Å²) in [6, 6.07) is 10.8. The van der Waals surface area contributed by atoms with Gasteiger partial charge in [-0.2, -0.15) is 4.68 Å². The van der Waals surface area contributed by atoms with Crippen LogP contribution in [0.1, 0.15) is 5.56 Å². The fraction of sp³-hybridized carbons (Fsp3) is 0.118. The minimum absolute atomic E-state index is 0.0256. The molecule has 0 atom stereocenters. The van der Waals surface area contributed by atoms with Gasteiger partial charge in [-0.25, -0.2) is 9.18 Å². The van der Waals surface area contributed by atoms with Crippen molar-refractivity contribution in [1.82, 2.24) is 9.78 Å². The van der Waals surface area contributed by atoms with E-state index in [9.17, 15) is 14.0 Å². The summed E-state index contributed by atoms with van der Waals surface area (Å²) in [7, 11) is 0. The summed E-state index contributed by atoms with van der Waals surface area (Å²) < 4.78 is 19.8. The van der Waals surface area contributed by atoms with E-state index >= 15 is 0 Å². The highest BCUT2D eigenvalue weighted by atomic mass is 79.9. The maximum absolute atomic E-state index is 12.9. The molecular formula is C17H13BrFN3O3. The number of nitrogens with zero attached hydrogens (tertiary/aromatic N) is 2. The number of hydrogen-bond donors (Lipinski definition) is 1. The Kier molecular flexibility index (Phi) is 4.80. The number of rotatable bonds is 4. The lowest BCUT2D eigenvalue weighted by Crippen LogP contribution is -2.26. The molecule has 2 aromatic carbocycles. The van der Waals surface area contributed by atoms with Gasteiger partial charge in [0.05, 0.1) is 0 Å². The van der Waals surface area contributed by atoms with Crippen LogP contribution in [0.5, 0.6) is 0 Å². The molecule has 0 fully saturated rings. The Morgan fingerprint density at radius 1 is 1.28 bits per heavy atom. The molecule has 1 amide bonds. The van der Waals surface area contributed by atoms with E-state index in [1.807, 2.05) is 13.0 Å². The molecule has 0 aliphatic carbocycles. The van der Waals surface area contributed by atoms with Crippen LogP contribution < -0.4 is 11.1 Å². The summed E-state index contributed by atoms with van der Waals surface area (Å²) in [5, 5.41) is 6.69. The average molecular weight is 406 g/mol. The van der Waals surface area contributed by atoms with Crippen LogP contribution in [0.25, 0.3) is 11.5 Å². The lowest BCUT2D eigenvalue weighted by Gasteiger charge is -2.08. The van der Waals surface area contributed by atoms with Crippen molar-refractivity contribution >= 4 is 27.5 Å². The summed E-state index contributed by atoms with van der Waals surface area (Å²) >= 11 is 3.35. The first-order valence-corrected chi connectivity index (χ1v) is 8.11. The summed E-state index contributed by atoms with van der Waals surface area (Å²) in [4.78, 5) is 24.0. The quantitative estimate of drug-likeness (QED) is 0.721. The maximum Gasteiger partial charge on any atom is 0.437 e. The number of amides is 1. The van der Waals surface area contributed by atoms with Gasteiger partial charge in [0.1, 0.15) is 12.4 Å². The van der Waals surface area contributed by atoms with Gasteiger partial charge in [-0.15, -0.1) is 5.10 Å². The summed E-state index contributed by atoms with van der Waals surface area (Å²) in [5.41, 5.74) is 1.96. The minimum atomic E-state index is -0.762. The lowest BCUT2D eigenvalue weighted by atomic mass is 10.2. The van der Waals surface area contributed by atoms with E-state index in [0.29, 0.717) is 11.3 Å². The normalized spacial score (nSPS) is 10.7. The van der Waals surface area contributed by atoms with Gasteiger partial charge in [-0.3, -0.25) is 4.79 Å². The Morgan fingerprint density at radius 3 is 2.68 bits per heavy atom. The zero-order valence-corrected chi connectivity index (χ0v) is 14.7. The van der Waals surface area contributed by atoms with Crippen LogP contribution in [-0.2, 0) is 11.3 Å². The summed E-state index contributed by atoms with van der Waals surface area (Å²) in [6.45, 7) is 1.56. The number of benzene rings is 2. The molecule has 3 rings (SSSR count). The maximum atomic E-state index is 12.9. The molecular weight excluding hydrogens is 393 g/mol. The number of halogens is 2. The van der Waals surface area contributed by atoms with Gasteiger partial charge >= 0.3 is 5.76 Å². The van der Waals surface area contributed by atoms with Crippen LogP contribution in [-0.4, -0.2) is 15.7 Å². The minimum Gasteiger partial charge on any atom is -0.388 e. The second-order valence-corrected chi connectivity index (χ2v) is 6.26. The Hall–Kier alpha value is -2.74. The van der Waals surface area contributed by atoms with Crippen molar-refractivity contribution in [3.05, 3.63) is 68.9 Å². The van der Waals surface area contributed by atoms with Crippen molar-refractivity contribution in [3.63, 3.8) is 0 Å². The van der Waals surface area contributed by atoms with Gasteiger partial charge in [-0.1, -0.05) is 15.9 Å². The second kappa shape index (κ2) is 7.02. The SMILES string of the molecule is Cc1cc(Br)ccc1NC(=O)Cn1nc(-c2ccc(F)cc2)oc1=O. The lowest BCUT2D eigenvalue weighted by molar-refractivity contribution is -0.117. The van der Waals surface area contributed by atoms with Crippen molar-refractivity contribution in [1.29, 1.82) is 0 Å². The van der Waals surface area contributed by atoms with Crippen LogP contribution in [0.4, 0.5) is 10.1 Å². The van der Waals surface area contributed by atoms with Crippen molar-refractivity contribution in [2.75, 3.05) is 5.32 Å². The zero-order chi connectivity index (χ0) is 18.0. The van der Waals surface area contributed by atoms with Crippen molar-refractivity contribution < 1.29 is 13.6 Å². The van der Waals surface area contributed by atoms with E-state index in [1.165, 1.54) is 24.3 Å².